The monoisotopic (exact) mass is 499 g/mol. The van der Waals surface area contributed by atoms with Crippen molar-refractivity contribution in [3.8, 4) is 5.75 Å². The average Bonchev–Trinajstić information content (AvgIpc) is 2.85. The van der Waals surface area contributed by atoms with Crippen molar-refractivity contribution < 1.29 is 9.13 Å². The second-order valence-electron chi connectivity index (χ2n) is 8.74. The molecule has 8 nitrogen and oxygen atoms in total. The molecule has 0 spiro atoms. The highest BCUT2D eigenvalue weighted by Crippen LogP contribution is 2.29. The fraction of sp³-hybridized carbons (Fsp3) is 0.400. The van der Waals surface area contributed by atoms with E-state index in [1.165, 1.54) is 12.1 Å². The number of benzene rings is 2. The van der Waals surface area contributed by atoms with E-state index in [1.807, 2.05) is 6.07 Å². The van der Waals surface area contributed by atoms with Gasteiger partial charge in [0.2, 0.25) is 17.8 Å². The second kappa shape index (κ2) is 11.5. The van der Waals surface area contributed by atoms with Crippen LogP contribution < -0.4 is 20.3 Å². The number of rotatable bonds is 9. The van der Waals surface area contributed by atoms with Crippen molar-refractivity contribution in [1.82, 2.24) is 19.9 Å². The van der Waals surface area contributed by atoms with Gasteiger partial charge in [-0.15, -0.1) is 0 Å². The number of piperidine rings is 1. The van der Waals surface area contributed by atoms with E-state index in [0.717, 1.165) is 37.2 Å². The third-order valence-electron chi connectivity index (χ3n) is 6.12. The number of hydrogen-bond acceptors (Lipinski definition) is 8. The fourth-order valence-corrected chi connectivity index (χ4v) is 4.32. The van der Waals surface area contributed by atoms with E-state index in [0.29, 0.717) is 47.6 Å². The summed E-state index contributed by atoms with van der Waals surface area (Å²) < 4.78 is 18.4. The van der Waals surface area contributed by atoms with Crippen LogP contribution in [-0.2, 0) is 6.42 Å². The first-order valence-corrected chi connectivity index (χ1v) is 12.1. The van der Waals surface area contributed by atoms with Gasteiger partial charge < -0.3 is 25.2 Å². The maximum Gasteiger partial charge on any atom is 0.233 e. The number of methoxy groups -OCH3 is 1. The quantitative estimate of drug-likeness (QED) is 0.442. The van der Waals surface area contributed by atoms with Crippen LogP contribution in [0.15, 0.2) is 42.5 Å². The Morgan fingerprint density at radius 3 is 2.43 bits per heavy atom. The zero-order valence-corrected chi connectivity index (χ0v) is 21.0. The third kappa shape index (κ3) is 6.70. The lowest BCUT2D eigenvalue weighted by Crippen LogP contribution is -2.42. The topological polar surface area (TPSA) is 78.4 Å². The molecule has 0 radical (unpaired) electrons. The number of anilines is 4. The minimum atomic E-state index is -0.240. The van der Waals surface area contributed by atoms with Crippen LogP contribution in [0, 0.1) is 5.82 Å². The van der Waals surface area contributed by atoms with Crippen LogP contribution in [0.4, 0.5) is 27.9 Å². The molecule has 2 aromatic carbocycles. The van der Waals surface area contributed by atoms with Crippen molar-refractivity contribution in [1.29, 1.82) is 0 Å². The van der Waals surface area contributed by atoms with Crippen LogP contribution in [0.1, 0.15) is 18.4 Å². The number of nitrogens with zero attached hydrogens (tertiary/aromatic N) is 5. The van der Waals surface area contributed by atoms with E-state index in [2.05, 4.69) is 39.5 Å². The minimum Gasteiger partial charge on any atom is -0.495 e. The third-order valence-corrected chi connectivity index (χ3v) is 6.41. The minimum absolute atomic E-state index is 0.240. The molecule has 0 unspecified atom stereocenters. The van der Waals surface area contributed by atoms with E-state index >= 15 is 0 Å². The first-order chi connectivity index (χ1) is 16.9. The predicted octanol–water partition coefficient (Wildman–Crippen LogP) is 4.60. The molecule has 1 aliphatic heterocycles. The molecule has 4 rings (SSSR count). The van der Waals surface area contributed by atoms with Gasteiger partial charge in [0.25, 0.3) is 0 Å². The Kier molecular flexibility index (Phi) is 8.20. The van der Waals surface area contributed by atoms with Crippen LogP contribution >= 0.6 is 11.6 Å². The summed E-state index contributed by atoms with van der Waals surface area (Å²) in [6.07, 6.45) is 2.80. The highest BCUT2D eigenvalue weighted by atomic mass is 35.5. The molecule has 10 heteroatoms. The van der Waals surface area contributed by atoms with E-state index in [-0.39, 0.29) is 5.82 Å². The molecule has 0 bridgehead atoms. The molecule has 0 amide bonds. The van der Waals surface area contributed by atoms with Gasteiger partial charge in [0.1, 0.15) is 11.6 Å². The fourth-order valence-electron chi connectivity index (χ4n) is 4.07. The zero-order chi connectivity index (χ0) is 24.8. The normalized spacial score (nSPS) is 14.3. The van der Waals surface area contributed by atoms with Crippen molar-refractivity contribution in [2.24, 2.45) is 0 Å². The number of halogens is 2. The summed E-state index contributed by atoms with van der Waals surface area (Å²) in [7, 11) is 5.82. The lowest BCUT2D eigenvalue weighted by atomic mass is 10.0. The van der Waals surface area contributed by atoms with Crippen molar-refractivity contribution in [3.05, 3.63) is 58.9 Å². The lowest BCUT2D eigenvalue weighted by molar-refractivity contribution is 0.249. The average molecular weight is 500 g/mol. The Morgan fingerprint density at radius 2 is 1.77 bits per heavy atom. The van der Waals surface area contributed by atoms with E-state index < -0.39 is 0 Å². The highest BCUT2D eigenvalue weighted by molar-refractivity contribution is 6.32. The van der Waals surface area contributed by atoms with E-state index in [9.17, 15) is 4.39 Å². The van der Waals surface area contributed by atoms with Gasteiger partial charge in [-0.25, -0.2) is 4.39 Å². The number of aromatic nitrogens is 3. The first kappa shape index (κ1) is 24.9. The summed E-state index contributed by atoms with van der Waals surface area (Å²) in [4.78, 5) is 18.4. The summed E-state index contributed by atoms with van der Waals surface area (Å²) >= 11 is 6.29. The molecule has 1 aliphatic rings. The SMILES string of the molecule is COc1ccc(Nc2nc(NCCc3ccc(F)cc3)nc(N3CCC(N(C)C)CC3)n2)cc1Cl. The molecule has 1 saturated heterocycles. The van der Waals surface area contributed by atoms with Gasteiger partial charge in [-0.1, -0.05) is 23.7 Å². The molecule has 3 aromatic rings. The van der Waals surface area contributed by atoms with Gasteiger partial charge >= 0.3 is 0 Å². The van der Waals surface area contributed by atoms with Crippen LogP contribution in [0.25, 0.3) is 0 Å². The molecule has 1 fully saturated rings. The Hall–Kier alpha value is -3.17. The largest absolute Gasteiger partial charge is 0.495 e. The van der Waals surface area contributed by atoms with Crippen molar-refractivity contribution >= 4 is 35.1 Å². The smallest absolute Gasteiger partial charge is 0.233 e. The van der Waals surface area contributed by atoms with Gasteiger partial charge in [0.05, 0.1) is 12.1 Å². The molecule has 2 N–H and O–H groups in total. The lowest BCUT2D eigenvalue weighted by Gasteiger charge is -2.35. The van der Waals surface area contributed by atoms with Crippen molar-refractivity contribution in [2.45, 2.75) is 25.3 Å². The summed E-state index contributed by atoms with van der Waals surface area (Å²) in [6.45, 7) is 2.34. The molecule has 2 heterocycles. The molecule has 0 saturated carbocycles. The van der Waals surface area contributed by atoms with Gasteiger partial charge in [-0.3, -0.25) is 0 Å². The van der Waals surface area contributed by atoms with Gasteiger partial charge in [0, 0.05) is 31.4 Å². The first-order valence-electron chi connectivity index (χ1n) is 11.7. The molecule has 0 aliphatic carbocycles. The Morgan fingerprint density at radius 1 is 1.06 bits per heavy atom. The second-order valence-corrected chi connectivity index (χ2v) is 9.15. The molecular weight excluding hydrogens is 469 g/mol. The number of hydrogen-bond donors (Lipinski definition) is 2. The van der Waals surface area contributed by atoms with Crippen molar-refractivity contribution in [2.75, 3.05) is 56.4 Å². The Labute approximate surface area is 210 Å². The van der Waals surface area contributed by atoms with E-state index in [1.54, 1.807) is 31.4 Å². The number of nitrogens with one attached hydrogen (secondary N) is 2. The van der Waals surface area contributed by atoms with Gasteiger partial charge in [-0.2, -0.15) is 15.0 Å². The molecule has 0 atom stereocenters. The zero-order valence-electron chi connectivity index (χ0n) is 20.3. The number of ether oxygens (including phenoxy) is 1. The van der Waals surface area contributed by atoms with Crippen LogP contribution in [-0.4, -0.2) is 66.7 Å². The van der Waals surface area contributed by atoms with Crippen LogP contribution in [0.2, 0.25) is 5.02 Å². The van der Waals surface area contributed by atoms with Crippen LogP contribution in [0.5, 0.6) is 5.75 Å². The highest BCUT2D eigenvalue weighted by Gasteiger charge is 2.23. The standard InChI is InChI=1S/C25H31ClFN7O/c1-33(2)20-11-14-34(15-12-20)25-31-23(28-13-10-17-4-6-18(27)7-5-17)30-24(32-25)29-19-8-9-22(35-3)21(26)16-19/h4-9,16,20H,10-15H2,1-3H3,(H2,28,29,30,31,32). The summed E-state index contributed by atoms with van der Waals surface area (Å²) in [6, 6.07) is 12.5. The predicted molar refractivity (Wildman–Crippen MR) is 139 cm³/mol. The maximum absolute atomic E-state index is 13.2. The van der Waals surface area contributed by atoms with Gasteiger partial charge in [-0.05, 0) is 69.3 Å². The summed E-state index contributed by atoms with van der Waals surface area (Å²) in [5.74, 6) is 1.89. The molecule has 186 valence electrons. The van der Waals surface area contributed by atoms with Gasteiger partial charge in [0.15, 0.2) is 0 Å². The Bertz CT molecular complexity index is 1120. The maximum atomic E-state index is 13.2. The summed E-state index contributed by atoms with van der Waals surface area (Å²) in [5.41, 5.74) is 1.78. The molecule has 35 heavy (non-hydrogen) atoms. The summed E-state index contributed by atoms with van der Waals surface area (Å²) in [5, 5.41) is 7.03. The molecule has 1 aromatic heterocycles. The molecular formula is C25H31ClFN7O. The van der Waals surface area contributed by atoms with Crippen molar-refractivity contribution in [3.63, 3.8) is 0 Å². The van der Waals surface area contributed by atoms with E-state index in [4.69, 9.17) is 26.3 Å². The van der Waals surface area contributed by atoms with Crippen LogP contribution in [0.3, 0.4) is 0 Å². The Balaban J connectivity index is 1.51.